The molecular weight excluding hydrogens is 279 g/mol. The largest absolute Gasteiger partial charge is 0.508 e. The maximum absolute atomic E-state index is 12.8. The van der Waals surface area contributed by atoms with Gasteiger partial charge in [-0.05, 0) is 48.9 Å². The lowest BCUT2D eigenvalue weighted by atomic mass is 9.97. The Hall–Kier alpha value is -2.01. The van der Waals surface area contributed by atoms with Crippen LogP contribution in [-0.2, 0) is 12.6 Å². The zero-order valence-corrected chi connectivity index (χ0v) is 11.5. The number of aromatic hydroxyl groups is 1. The molecule has 0 aliphatic rings. The number of rotatable bonds is 4. The Balaban J connectivity index is 2.25. The van der Waals surface area contributed by atoms with E-state index >= 15 is 0 Å². The molecule has 0 spiro atoms. The topological polar surface area (TPSA) is 32.3 Å². The molecule has 2 N–H and O–H groups in total. The predicted octanol–water partition coefficient (Wildman–Crippen LogP) is 3.91. The minimum Gasteiger partial charge on any atom is -0.508 e. The monoisotopic (exact) mass is 295 g/mol. The van der Waals surface area contributed by atoms with Crippen LogP contribution in [0.4, 0.5) is 13.2 Å². The molecule has 2 nitrogen and oxygen atoms in total. The molecule has 0 aromatic heterocycles. The normalized spacial score (nSPS) is 13.1. The molecule has 21 heavy (non-hydrogen) atoms. The minimum atomic E-state index is -4.35. The van der Waals surface area contributed by atoms with E-state index in [1.807, 2.05) is 6.07 Å². The van der Waals surface area contributed by atoms with Crippen molar-refractivity contribution in [3.63, 3.8) is 0 Å². The first kappa shape index (κ1) is 15.4. The van der Waals surface area contributed by atoms with Gasteiger partial charge in [0.05, 0.1) is 5.56 Å². The summed E-state index contributed by atoms with van der Waals surface area (Å²) in [5.74, 6) is 0.145. The number of nitrogens with one attached hydrogen (secondary N) is 1. The minimum absolute atomic E-state index is 0.145. The van der Waals surface area contributed by atoms with Crippen LogP contribution in [0.2, 0.25) is 0 Å². The molecule has 0 radical (unpaired) electrons. The molecule has 5 heteroatoms. The number of likely N-dealkylation sites (N-methyl/N-ethyl adjacent to an activating group) is 1. The average Bonchev–Trinajstić information content (AvgIpc) is 2.44. The first-order valence-electron chi connectivity index (χ1n) is 6.52. The second-order valence-corrected chi connectivity index (χ2v) is 4.84. The van der Waals surface area contributed by atoms with Crippen molar-refractivity contribution in [2.45, 2.75) is 18.6 Å². The van der Waals surface area contributed by atoms with Crippen molar-refractivity contribution in [2.75, 3.05) is 7.05 Å². The molecule has 2 rings (SSSR count). The Bertz CT molecular complexity index is 610. The number of hydrogen-bond acceptors (Lipinski definition) is 2. The molecule has 0 saturated carbocycles. The van der Waals surface area contributed by atoms with Gasteiger partial charge in [0.15, 0.2) is 0 Å². The molecule has 0 amide bonds. The van der Waals surface area contributed by atoms with E-state index in [1.54, 1.807) is 31.3 Å². The van der Waals surface area contributed by atoms with Crippen LogP contribution in [-0.4, -0.2) is 12.2 Å². The third-order valence-corrected chi connectivity index (χ3v) is 3.32. The van der Waals surface area contributed by atoms with Crippen molar-refractivity contribution in [1.82, 2.24) is 5.32 Å². The van der Waals surface area contributed by atoms with Gasteiger partial charge in [0.1, 0.15) is 5.75 Å². The van der Waals surface area contributed by atoms with Crippen molar-refractivity contribution in [3.05, 3.63) is 65.2 Å². The number of phenolic OH excluding ortho intramolecular Hbond substituents is 1. The van der Waals surface area contributed by atoms with E-state index in [2.05, 4.69) is 5.32 Å². The highest BCUT2D eigenvalue weighted by atomic mass is 19.4. The Morgan fingerprint density at radius 3 is 2.43 bits per heavy atom. The fraction of sp³-hybridized carbons (Fsp3) is 0.250. The molecule has 2 aromatic rings. The van der Waals surface area contributed by atoms with Crippen molar-refractivity contribution in [2.24, 2.45) is 0 Å². The zero-order chi connectivity index (χ0) is 15.5. The summed E-state index contributed by atoms with van der Waals surface area (Å²) in [5.41, 5.74) is 0.763. The molecule has 0 aliphatic heterocycles. The summed E-state index contributed by atoms with van der Waals surface area (Å²) < 4.78 is 38.3. The van der Waals surface area contributed by atoms with Crippen molar-refractivity contribution < 1.29 is 18.3 Å². The Morgan fingerprint density at radius 1 is 1.10 bits per heavy atom. The van der Waals surface area contributed by atoms with E-state index in [9.17, 15) is 18.3 Å². The fourth-order valence-corrected chi connectivity index (χ4v) is 2.24. The van der Waals surface area contributed by atoms with Gasteiger partial charge < -0.3 is 10.4 Å². The van der Waals surface area contributed by atoms with Crippen LogP contribution >= 0.6 is 0 Å². The Morgan fingerprint density at radius 2 is 1.81 bits per heavy atom. The lowest BCUT2D eigenvalue weighted by Gasteiger charge is -2.18. The lowest BCUT2D eigenvalue weighted by molar-refractivity contribution is -0.137. The first-order valence-corrected chi connectivity index (χ1v) is 6.52. The summed E-state index contributed by atoms with van der Waals surface area (Å²) in [5, 5.41) is 12.5. The number of phenols is 1. The molecule has 1 atom stereocenters. The Kier molecular flexibility index (Phi) is 4.53. The molecule has 0 heterocycles. The van der Waals surface area contributed by atoms with Crippen LogP contribution < -0.4 is 5.32 Å². The molecular formula is C16H16F3NO. The third kappa shape index (κ3) is 3.98. The van der Waals surface area contributed by atoms with Gasteiger partial charge in [0, 0.05) is 6.04 Å². The summed E-state index contributed by atoms with van der Waals surface area (Å²) in [6.45, 7) is 0. The van der Waals surface area contributed by atoms with Crippen LogP contribution in [0.5, 0.6) is 5.75 Å². The average molecular weight is 295 g/mol. The molecule has 112 valence electrons. The maximum Gasteiger partial charge on any atom is 0.416 e. The first-order chi connectivity index (χ1) is 9.90. The zero-order valence-electron chi connectivity index (χ0n) is 11.5. The highest BCUT2D eigenvalue weighted by Gasteiger charge is 2.30. The standard InChI is InChI=1S/C16H16F3NO/c1-20-15(9-11-4-2-7-14(21)8-11)12-5-3-6-13(10-12)16(17,18)19/h2-8,10,15,20-21H,9H2,1H3. The van der Waals surface area contributed by atoms with Crippen LogP contribution in [0.1, 0.15) is 22.7 Å². The predicted molar refractivity (Wildman–Crippen MR) is 75.1 cm³/mol. The van der Waals surface area contributed by atoms with Gasteiger partial charge in [0.2, 0.25) is 0 Å². The number of alkyl halides is 3. The summed E-state index contributed by atoms with van der Waals surface area (Å²) in [4.78, 5) is 0. The number of benzene rings is 2. The van der Waals surface area contributed by atoms with Gasteiger partial charge in [-0.25, -0.2) is 0 Å². The van der Waals surface area contributed by atoms with Crippen LogP contribution in [0.15, 0.2) is 48.5 Å². The van der Waals surface area contributed by atoms with Crippen molar-refractivity contribution >= 4 is 0 Å². The molecule has 0 saturated heterocycles. The van der Waals surface area contributed by atoms with Crippen LogP contribution in [0, 0.1) is 0 Å². The molecule has 1 unspecified atom stereocenters. The van der Waals surface area contributed by atoms with Crippen LogP contribution in [0.25, 0.3) is 0 Å². The second-order valence-electron chi connectivity index (χ2n) is 4.84. The van der Waals surface area contributed by atoms with E-state index < -0.39 is 11.7 Å². The van der Waals surface area contributed by atoms with Gasteiger partial charge in [0.25, 0.3) is 0 Å². The molecule has 0 aliphatic carbocycles. The Labute approximate surface area is 121 Å². The summed E-state index contributed by atoms with van der Waals surface area (Å²) in [6, 6.07) is 11.7. The van der Waals surface area contributed by atoms with E-state index in [0.29, 0.717) is 12.0 Å². The molecule has 0 fully saturated rings. The summed E-state index contributed by atoms with van der Waals surface area (Å²) in [6.07, 6.45) is -3.86. The highest BCUT2D eigenvalue weighted by Crippen LogP contribution is 2.31. The summed E-state index contributed by atoms with van der Waals surface area (Å²) >= 11 is 0. The second kappa shape index (κ2) is 6.18. The van der Waals surface area contributed by atoms with Crippen LogP contribution in [0.3, 0.4) is 0 Å². The fourth-order valence-electron chi connectivity index (χ4n) is 2.24. The maximum atomic E-state index is 12.8. The number of hydrogen-bond donors (Lipinski definition) is 2. The van der Waals surface area contributed by atoms with E-state index in [-0.39, 0.29) is 11.8 Å². The van der Waals surface area contributed by atoms with E-state index in [1.165, 1.54) is 6.07 Å². The van der Waals surface area contributed by atoms with E-state index in [0.717, 1.165) is 17.7 Å². The van der Waals surface area contributed by atoms with Crippen molar-refractivity contribution in [1.29, 1.82) is 0 Å². The smallest absolute Gasteiger partial charge is 0.416 e. The van der Waals surface area contributed by atoms with E-state index in [4.69, 9.17) is 0 Å². The SMILES string of the molecule is CNC(Cc1cccc(O)c1)c1cccc(C(F)(F)F)c1. The van der Waals surface area contributed by atoms with Crippen molar-refractivity contribution in [3.8, 4) is 5.75 Å². The lowest BCUT2D eigenvalue weighted by Crippen LogP contribution is -2.19. The van der Waals surface area contributed by atoms with Gasteiger partial charge in [-0.1, -0.05) is 24.3 Å². The van der Waals surface area contributed by atoms with Gasteiger partial charge in [-0.15, -0.1) is 0 Å². The van der Waals surface area contributed by atoms with Gasteiger partial charge >= 0.3 is 6.18 Å². The molecule has 0 bridgehead atoms. The quantitative estimate of drug-likeness (QED) is 0.896. The van der Waals surface area contributed by atoms with Gasteiger partial charge in [-0.3, -0.25) is 0 Å². The van der Waals surface area contributed by atoms with Gasteiger partial charge in [-0.2, -0.15) is 13.2 Å². The summed E-state index contributed by atoms with van der Waals surface area (Å²) in [7, 11) is 1.70. The number of halogens is 3. The molecule has 2 aromatic carbocycles. The third-order valence-electron chi connectivity index (χ3n) is 3.32. The highest BCUT2D eigenvalue weighted by molar-refractivity contribution is 5.32.